The molecule has 1 unspecified atom stereocenters. The largest absolute Gasteiger partial charge is 0.463 e. The summed E-state index contributed by atoms with van der Waals surface area (Å²) in [5.74, 6) is -1.76. The molecule has 164 valence electrons. The second-order valence-electron chi connectivity index (χ2n) is 6.37. The maximum atomic E-state index is 11.5. The van der Waals surface area contributed by atoms with E-state index in [0.717, 1.165) is 6.07 Å². The highest BCUT2D eigenvalue weighted by atomic mass is 35.5. The van der Waals surface area contributed by atoms with Crippen LogP contribution in [0.25, 0.3) is 0 Å². The Morgan fingerprint density at radius 2 is 1.77 bits per heavy atom. The molecular formula is C18H20ClNO10. The van der Waals surface area contributed by atoms with E-state index in [1.54, 1.807) is 0 Å². The first kappa shape index (κ1) is 23.4. The molecule has 1 fully saturated rings. The first-order valence-electron chi connectivity index (χ1n) is 8.80. The number of non-ortho nitro benzene ring substituents is 1. The molecule has 1 aliphatic heterocycles. The molecule has 1 saturated heterocycles. The van der Waals surface area contributed by atoms with Gasteiger partial charge in [-0.25, -0.2) is 0 Å². The Hall–Kier alpha value is -2.92. The molecule has 11 nitrogen and oxygen atoms in total. The number of nitrogens with zero attached hydrogens (tertiary/aromatic N) is 1. The van der Waals surface area contributed by atoms with Crippen LogP contribution in [0.1, 0.15) is 27.2 Å². The van der Waals surface area contributed by atoms with Gasteiger partial charge in [0.05, 0.1) is 9.95 Å². The maximum Gasteiger partial charge on any atom is 0.303 e. The van der Waals surface area contributed by atoms with Crippen LogP contribution in [0.2, 0.25) is 5.02 Å². The SMILES string of the molecule is CC(=O)OCC1O[C@@H](Oc2ccc([N+](=O)[O-])cc2Cl)[C@@H](OC(C)=O)C[C@@H]1OC(C)=O. The van der Waals surface area contributed by atoms with Gasteiger partial charge in [0, 0.05) is 39.3 Å². The summed E-state index contributed by atoms with van der Waals surface area (Å²) in [6, 6.07) is 3.55. The topological polar surface area (TPSA) is 141 Å². The summed E-state index contributed by atoms with van der Waals surface area (Å²) in [6.07, 6.45) is -3.99. The first-order valence-corrected chi connectivity index (χ1v) is 9.18. The van der Waals surface area contributed by atoms with Gasteiger partial charge >= 0.3 is 17.9 Å². The lowest BCUT2D eigenvalue weighted by Crippen LogP contribution is -2.54. The highest BCUT2D eigenvalue weighted by Gasteiger charge is 2.43. The summed E-state index contributed by atoms with van der Waals surface area (Å²) in [5.41, 5.74) is -0.240. The summed E-state index contributed by atoms with van der Waals surface area (Å²) in [5, 5.41) is 10.8. The average molecular weight is 446 g/mol. The van der Waals surface area contributed by atoms with Gasteiger partial charge in [-0.15, -0.1) is 0 Å². The molecule has 0 amide bonds. The van der Waals surface area contributed by atoms with Gasteiger partial charge in [0.15, 0.2) is 6.10 Å². The second kappa shape index (κ2) is 10.2. The van der Waals surface area contributed by atoms with E-state index in [1.165, 1.54) is 32.9 Å². The highest BCUT2D eigenvalue weighted by molar-refractivity contribution is 6.32. The molecule has 0 aromatic heterocycles. The van der Waals surface area contributed by atoms with Crippen molar-refractivity contribution in [3.05, 3.63) is 33.3 Å². The van der Waals surface area contributed by atoms with Gasteiger partial charge < -0.3 is 23.7 Å². The molecule has 1 aromatic carbocycles. The number of rotatable bonds is 7. The van der Waals surface area contributed by atoms with Crippen LogP contribution in [0, 0.1) is 10.1 Å². The predicted molar refractivity (Wildman–Crippen MR) is 99.8 cm³/mol. The average Bonchev–Trinajstić information content (AvgIpc) is 2.62. The maximum absolute atomic E-state index is 11.5. The molecule has 4 atom stereocenters. The normalized spacial score (nSPS) is 23.2. The quantitative estimate of drug-likeness (QED) is 0.265. The van der Waals surface area contributed by atoms with Crippen molar-refractivity contribution in [3.63, 3.8) is 0 Å². The molecule has 12 heteroatoms. The number of esters is 3. The van der Waals surface area contributed by atoms with E-state index in [9.17, 15) is 24.5 Å². The lowest BCUT2D eigenvalue weighted by Gasteiger charge is -2.39. The molecule has 0 N–H and O–H groups in total. The monoisotopic (exact) mass is 445 g/mol. The number of hydrogen-bond donors (Lipinski definition) is 0. The van der Waals surface area contributed by atoms with Gasteiger partial charge in [0.1, 0.15) is 24.6 Å². The Balaban J connectivity index is 2.26. The van der Waals surface area contributed by atoms with E-state index in [1.807, 2.05) is 0 Å². The fourth-order valence-corrected chi connectivity index (χ4v) is 2.99. The van der Waals surface area contributed by atoms with Crippen LogP contribution in [0.15, 0.2) is 18.2 Å². The summed E-state index contributed by atoms with van der Waals surface area (Å²) in [6.45, 7) is 3.34. The molecule has 0 radical (unpaired) electrons. The van der Waals surface area contributed by atoms with Crippen molar-refractivity contribution in [1.29, 1.82) is 0 Å². The van der Waals surface area contributed by atoms with Crippen molar-refractivity contribution in [2.45, 2.75) is 51.8 Å². The van der Waals surface area contributed by atoms with Gasteiger partial charge in [-0.3, -0.25) is 24.5 Å². The molecule has 0 spiro atoms. The summed E-state index contributed by atoms with van der Waals surface area (Å²) >= 11 is 6.05. The predicted octanol–water partition coefficient (Wildman–Crippen LogP) is 2.17. The second-order valence-corrected chi connectivity index (χ2v) is 6.77. The molecule has 30 heavy (non-hydrogen) atoms. The van der Waals surface area contributed by atoms with Crippen LogP contribution in [0.4, 0.5) is 5.69 Å². The number of halogens is 1. The van der Waals surface area contributed by atoms with Gasteiger partial charge in [0.2, 0.25) is 6.29 Å². The number of nitro benzene ring substituents is 1. The molecule has 1 aliphatic rings. The van der Waals surface area contributed by atoms with Crippen molar-refractivity contribution < 1.29 is 43.0 Å². The Morgan fingerprint density at radius 1 is 1.13 bits per heavy atom. The molecule has 2 rings (SSSR count). The van der Waals surface area contributed by atoms with Crippen molar-refractivity contribution in [2.75, 3.05) is 6.61 Å². The first-order chi connectivity index (χ1) is 14.1. The van der Waals surface area contributed by atoms with Crippen LogP contribution in [0.3, 0.4) is 0 Å². The minimum Gasteiger partial charge on any atom is -0.463 e. The zero-order valence-corrected chi connectivity index (χ0v) is 17.1. The zero-order chi connectivity index (χ0) is 22.4. The van der Waals surface area contributed by atoms with Gasteiger partial charge in [-0.05, 0) is 6.07 Å². The zero-order valence-electron chi connectivity index (χ0n) is 16.4. The van der Waals surface area contributed by atoms with E-state index in [-0.39, 0.29) is 29.5 Å². The molecular weight excluding hydrogens is 426 g/mol. The molecule has 0 bridgehead atoms. The Morgan fingerprint density at radius 3 is 2.30 bits per heavy atom. The molecule has 1 aromatic rings. The smallest absolute Gasteiger partial charge is 0.303 e. The highest BCUT2D eigenvalue weighted by Crippen LogP contribution is 2.33. The third-order valence-corrected chi connectivity index (χ3v) is 4.24. The molecule has 0 aliphatic carbocycles. The number of nitro groups is 1. The van der Waals surface area contributed by atoms with Crippen molar-refractivity contribution in [1.82, 2.24) is 0 Å². The molecule has 1 heterocycles. The van der Waals surface area contributed by atoms with Crippen molar-refractivity contribution >= 4 is 35.2 Å². The van der Waals surface area contributed by atoms with E-state index in [4.69, 9.17) is 35.3 Å². The van der Waals surface area contributed by atoms with Crippen LogP contribution >= 0.6 is 11.6 Å². The summed E-state index contributed by atoms with van der Waals surface area (Å²) in [7, 11) is 0. The number of benzene rings is 1. The van der Waals surface area contributed by atoms with E-state index in [0.29, 0.717) is 0 Å². The standard InChI is InChI=1S/C18H20ClNO10/c1-9(21)26-8-17-15(27-10(2)22)7-16(28-11(3)23)18(30-17)29-14-5-4-12(20(24)25)6-13(14)19/h4-6,15-18H,7-8H2,1-3H3/t15-,16-,17?,18+/m0/s1. The lowest BCUT2D eigenvalue weighted by atomic mass is 10.0. The lowest BCUT2D eigenvalue weighted by molar-refractivity contribution is -0.384. The summed E-state index contributed by atoms with van der Waals surface area (Å²) in [4.78, 5) is 44.4. The van der Waals surface area contributed by atoms with Gasteiger partial charge in [-0.2, -0.15) is 0 Å². The third kappa shape index (κ3) is 6.56. The van der Waals surface area contributed by atoms with Gasteiger partial charge in [-0.1, -0.05) is 11.6 Å². The molecule has 0 saturated carbocycles. The van der Waals surface area contributed by atoms with Crippen LogP contribution < -0.4 is 4.74 Å². The third-order valence-electron chi connectivity index (χ3n) is 3.95. The Bertz CT molecular complexity index is 829. The van der Waals surface area contributed by atoms with Crippen molar-refractivity contribution in [2.24, 2.45) is 0 Å². The fourth-order valence-electron chi connectivity index (χ4n) is 2.77. The minimum atomic E-state index is -1.21. The summed E-state index contributed by atoms with van der Waals surface area (Å²) < 4.78 is 26.8. The van der Waals surface area contributed by atoms with E-state index >= 15 is 0 Å². The van der Waals surface area contributed by atoms with Crippen LogP contribution in [-0.2, 0) is 33.3 Å². The fraction of sp³-hybridized carbons (Fsp3) is 0.500. The number of ether oxygens (including phenoxy) is 5. The van der Waals surface area contributed by atoms with Crippen molar-refractivity contribution in [3.8, 4) is 5.75 Å². The minimum absolute atomic E-state index is 0.000356. The van der Waals surface area contributed by atoms with E-state index < -0.39 is 47.4 Å². The number of carbonyl (C=O) groups excluding carboxylic acids is 3. The Labute approximate surface area is 176 Å². The Kier molecular flexibility index (Phi) is 7.95. The van der Waals surface area contributed by atoms with Crippen LogP contribution in [0.5, 0.6) is 5.75 Å². The number of carbonyl (C=O) groups is 3. The van der Waals surface area contributed by atoms with Crippen LogP contribution in [-0.4, -0.2) is 54.0 Å². The van der Waals surface area contributed by atoms with E-state index in [2.05, 4.69) is 0 Å². The number of hydrogen-bond acceptors (Lipinski definition) is 10. The van der Waals surface area contributed by atoms with Gasteiger partial charge in [0.25, 0.3) is 5.69 Å².